The highest BCUT2D eigenvalue weighted by atomic mass is 28.4. The maximum Gasteiger partial charge on any atom is 0.242 e. The Bertz CT molecular complexity index is 855. The summed E-state index contributed by atoms with van der Waals surface area (Å²) in [5, 5.41) is 1.28. The van der Waals surface area contributed by atoms with Gasteiger partial charge in [0.2, 0.25) is 14.2 Å². The third-order valence-corrected chi connectivity index (χ3v) is 9.62. The van der Waals surface area contributed by atoms with Crippen LogP contribution in [0.25, 0.3) is 10.9 Å². The molecule has 28 heavy (non-hydrogen) atoms. The lowest BCUT2D eigenvalue weighted by molar-refractivity contribution is -0.124. The molecule has 0 saturated carbocycles. The van der Waals surface area contributed by atoms with E-state index in [2.05, 4.69) is 92.1 Å². The molecule has 2 rings (SSSR count). The number of fused-ring (bicyclic) bond motifs is 1. The maximum absolute atomic E-state index is 12.2. The predicted molar refractivity (Wildman–Crippen MR) is 129 cm³/mol. The third kappa shape index (κ3) is 5.61. The topological polar surface area (TPSA) is 34.5 Å². The number of aromatic nitrogens is 1. The number of carbonyl (C=O) groups is 1. The number of hydrogen-bond acceptors (Lipinski definition) is 2. The van der Waals surface area contributed by atoms with E-state index in [0.29, 0.717) is 0 Å². The van der Waals surface area contributed by atoms with E-state index in [-0.39, 0.29) is 5.91 Å². The van der Waals surface area contributed by atoms with Gasteiger partial charge in [0.15, 0.2) is 16.5 Å². The second-order valence-electron chi connectivity index (χ2n) is 10.7. The molecule has 1 aromatic carbocycles. The first kappa shape index (κ1) is 23.0. The fourth-order valence-electron chi connectivity index (χ4n) is 3.65. The number of carbonyl (C=O) groups excluding carboxylic acids is 1. The molecule has 0 radical (unpaired) electrons. The van der Waals surface area contributed by atoms with Gasteiger partial charge in [0.1, 0.15) is 5.75 Å². The number of rotatable bonds is 7. The van der Waals surface area contributed by atoms with Crippen molar-refractivity contribution in [3.8, 4) is 5.75 Å². The highest BCUT2D eigenvalue weighted by Crippen LogP contribution is 2.30. The number of amides is 1. The molecule has 0 bridgehead atoms. The molecule has 0 atom stereocenters. The molecular formula is C21H38N2O2Si3. The van der Waals surface area contributed by atoms with Gasteiger partial charge in [-0.15, -0.1) is 0 Å². The average Bonchev–Trinajstić information content (AvgIpc) is 2.82. The lowest BCUT2D eigenvalue weighted by Gasteiger charge is -2.33. The summed E-state index contributed by atoms with van der Waals surface area (Å²) in [6.07, 6.45) is 3.21. The first-order valence-electron chi connectivity index (χ1n) is 10.2. The molecule has 156 valence electrons. The van der Waals surface area contributed by atoms with Gasteiger partial charge < -0.3 is 13.2 Å². The summed E-state index contributed by atoms with van der Waals surface area (Å²) in [6, 6.07) is 6.55. The quantitative estimate of drug-likeness (QED) is 0.519. The summed E-state index contributed by atoms with van der Waals surface area (Å²) in [6.45, 7) is 22.9. The number of nitrogens with zero attached hydrogens (tertiary/aromatic N) is 2. The monoisotopic (exact) mass is 434 g/mol. The van der Waals surface area contributed by atoms with Gasteiger partial charge in [0, 0.05) is 24.4 Å². The van der Waals surface area contributed by atoms with Crippen molar-refractivity contribution < 1.29 is 9.22 Å². The van der Waals surface area contributed by atoms with Crippen molar-refractivity contribution in [1.82, 2.24) is 8.80 Å². The Morgan fingerprint density at radius 1 is 1.04 bits per heavy atom. The van der Waals surface area contributed by atoms with E-state index < -0.39 is 24.8 Å². The van der Waals surface area contributed by atoms with Crippen LogP contribution < -0.4 is 4.43 Å². The fraction of sp³-hybridized carbons (Fsp3) is 0.571. The first-order valence-corrected chi connectivity index (χ1v) is 20.5. The summed E-state index contributed by atoms with van der Waals surface area (Å²) < 4.78 is 10.9. The van der Waals surface area contributed by atoms with Gasteiger partial charge in [0.25, 0.3) is 0 Å². The second-order valence-corrected chi connectivity index (χ2v) is 24.8. The maximum atomic E-state index is 12.2. The molecule has 0 aliphatic carbocycles. The second kappa shape index (κ2) is 7.84. The van der Waals surface area contributed by atoms with Crippen LogP contribution in [0.3, 0.4) is 0 Å². The molecule has 7 heteroatoms. The highest BCUT2D eigenvalue weighted by Gasteiger charge is 2.27. The SMILES string of the molecule is CC(=O)N(CCc1cn([Si](C)(C)C)c2ccc(O[Si](C)(C)C)cc12)[Si](C)(C)C. The molecule has 0 fully saturated rings. The zero-order chi connectivity index (χ0) is 21.5. The molecule has 0 N–H and O–H groups in total. The van der Waals surface area contributed by atoms with E-state index in [9.17, 15) is 4.79 Å². The summed E-state index contributed by atoms with van der Waals surface area (Å²) in [5.74, 6) is 1.16. The van der Waals surface area contributed by atoms with Crippen molar-refractivity contribution in [1.29, 1.82) is 0 Å². The van der Waals surface area contributed by atoms with E-state index in [1.54, 1.807) is 6.92 Å². The minimum absolute atomic E-state index is 0.191. The molecule has 0 spiro atoms. The molecule has 4 nitrogen and oxygen atoms in total. The Balaban J connectivity index is 2.48. The van der Waals surface area contributed by atoms with Crippen LogP contribution in [-0.2, 0) is 11.2 Å². The Morgan fingerprint density at radius 3 is 2.11 bits per heavy atom. The fourth-order valence-corrected chi connectivity index (χ4v) is 7.67. The molecule has 1 amide bonds. The average molecular weight is 435 g/mol. The highest BCUT2D eigenvalue weighted by molar-refractivity contribution is 6.75. The molecule has 0 unspecified atom stereocenters. The van der Waals surface area contributed by atoms with Gasteiger partial charge >= 0.3 is 0 Å². The lowest BCUT2D eigenvalue weighted by Crippen LogP contribution is -2.49. The Hall–Kier alpha value is -1.32. The Morgan fingerprint density at radius 2 is 1.64 bits per heavy atom. The standard InChI is InChI=1S/C21H38N2O2Si3/c1-17(24)22(26(2,3)4)14-13-18-16-23(27(5,6)7)21-12-11-19(15-20(18)21)25-28(8,9)10/h11-12,15-16H,13-14H2,1-10H3. The van der Waals surface area contributed by atoms with Crippen molar-refractivity contribution in [3.05, 3.63) is 30.0 Å². The lowest BCUT2D eigenvalue weighted by atomic mass is 10.1. The van der Waals surface area contributed by atoms with Crippen LogP contribution in [0.5, 0.6) is 5.75 Å². The van der Waals surface area contributed by atoms with Crippen LogP contribution in [-0.4, -0.2) is 46.0 Å². The summed E-state index contributed by atoms with van der Waals surface area (Å²) in [7, 11) is -4.87. The van der Waals surface area contributed by atoms with Crippen LogP contribution in [0.1, 0.15) is 12.5 Å². The van der Waals surface area contributed by atoms with Crippen LogP contribution in [0.2, 0.25) is 58.9 Å². The smallest absolute Gasteiger partial charge is 0.242 e. The largest absolute Gasteiger partial charge is 0.544 e. The normalized spacial score (nSPS) is 13.1. The van der Waals surface area contributed by atoms with Gasteiger partial charge in [-0.1, -0.05) is 39.3 Å². The predicted octanol–water partition coefficient (Wildman–Crippen LogP) is 5.76. The minimum atomic E-state index is -1.68. The van der Waals surface area contributed by atoms with Gasteiger partial charge in [-0.2, -0.15) is 0 Å². The van der Waals surface area contributed by atoms with E-state index in [1.807, 2.05) is 0 Å². The molecule has 2 aromatic rings. The summed E-state index contributed by atoms with van der Waals surface area (Å²) >= 11 is 0. The van der Waals surface area contributed by atoms with Crippen molar-refractivity contribution in [2.45, 2.75) is 72.3 Å². The van der Waals surface area contributed by atoms with E-state index in [4.69, 9.17) is 4.43 Å². The van der Waals surface area contributed by atoms with Crippen LogP contribution in [0.15, 0.2) is 24.4 Å². The third-order valence-electron chi connectivity index (χ3n) is 4.80. The molecule has 1 heterocycles. The summed E-state index contributed by atoms with van der Waals surface area (Å²) in [4.78, 5) is 12.2. The van der Waals surface area contributed by atoms with Crippen molar-refractivity contribution in [3.63, 3.8) is 0 Å². The number of hydrogen-bond donors (Lipinski definition) is 0. The molecular weight excluding hydrogens is 397 g/mol. The van der Waals surface area contributed by atoms with Gasteiger partial charge in [-0.3, -0.25) is 4.79 Å². The van der Waals surface area contributed by atoms with Crippen molar-refractivity contribution >= 4 is 41.6 Å². The molecule has 0 aliphatic heterocycles. The van der Waals surface area contributed by atoms with Gasteiger partial charge in [-0.05, 0) is 56.0 Å². The van der Waals surface area contributed by atoms with Crippen LogP contribution in [0.4, 0.5) is 0 Å². The van der Waals surface area contributed by atoms with Crippen molar-refractivity contribution in [2.24, 2.45) is 0 Å². The van der Waals surface area contributed by atoms with E-state index >= 15 is 0 Å². The zero-order valence-corrected chi connectivity index (χ0v) is 22.4. The Kier molecular flexibility index (Phi) is 6.43. The number of benzene rings is 1. The van der Waals surface area contributed by atoms with Crippen LogP contribution in [0, 0.1) is 0 Å². The zero-order valence-electron chi connectivity index (χ0n) is 19.4. The van der Waals surface area contributed by atoms with Crippen molar-refractivity contribution in [2.75, 3.05) is 6.54 Å². The van der Waals surface area contributed by atoms with Crippen LogP contribution >= 0.6 is 0 Å². The Labute approximate surface area is 174 Å². The molecule has 1 aromatic heterocycles. The van der Waals surface area contributed by atoms with Gasteiger partial charge in [0.05, 0.1) is 0 Å². The van der Waals surface area contributed by atoms with E-state index in [0.717, 1.165) is 18.7 Å². The summed E-state index contributed by atoms with van der Waals surface area (Å²) in [5.41, 5.74) is 2.61. The minimum Gasteiger partial charge on any atom is -0.544 e. The molecule has 0 saturated heterocycles. The van der Waals surface area contributed by atoms with E-state index in [1.165, 1.54) is 16.5 Å². The van der Waals surface area contributed by atoms with Gasteiger partial charge in [-0.25, -0.2) is 0 Å². The molecule has 0 aliphatic rings. The first-order chi connectivity index (χ1) is 12.6.